The van der Waals surface area contributed by atoms with Gasteiger partial charge in [-0.15, -0.1) is 23.4 Å². The van der Waals surface area contributed by atoms with E-state index in [1.165, 1.54) is 21.9 Å². The van der Waals surface area contributed by atoms with Gasteiger partial charge >= 0.3 is 18.3 Å². The second kappa shape index (κ2) is 38.2. The van der Waals surface area contributed by atoms with Gasteiger partial charge in [0.25, 0.3) is 0 Å². The van der Waals surface area contributed by atoms with Crippen LogP contribution in [0.5, 0.6) is 5.75 Å². The number of aryl methyl sites for hydroxylation is 2. The molecule has 26 heteroatoms. The summed E-state index contributed by atoms with van der Waals surface area (Å²) in [5, 5.41) is 22.6. The van der Waals surface area contributed by atoms with E-state index in [-0.39, 0.29) is 105 Å². The first kappa shape index (κ1) is 82.1. The molecule has 0 saturated heterocycles. The number of allylic oxidation sites excluding steroid dienone is 2. The van der Waals surface area contributed by atoms with Crippen LogP contribution in [0.1, 0.15) is 169 Å². The van der Waals surface area contributed by atoms with E-state index in [2.05, 4.69) is 89.9 Å². The number of likely N-dealkylation sites (N-methyl/N-ethyl adjacent to an activating group) is 1. The number of ether oxygens (including phenoxy) is 5. The van der Waals surface area contributed by atoms with Crippen molar-refractivity contribution in [1.29, 1.82) is 0 Å². The van der Waals surface area contributed by atoms with Gasteiger partial charge in [-0.25, -0.2) is 53.6 Å². The van der Waals surface area contributed by atoms with Crippen molar-refractivity contribution in [3.8, 4) is 28.5 Å². The normalized spacial score (nSPS) is 19.7. The van der Waals surface area contributed by atoms with E-state index in [1.54, 1.807) is 19.2 Å². The summed E-state index contributed by atoms with van der Waals surface area (Å²) in [4.78, 5) is 66.0. The molecule has 108 heavy (non-hydrogen) atoms. The number of aromatic nitrogens is 6. The summed E-state index contributed by atoms with van der Waals surface area (Å²) in [5.41, 5.74) is 7.70. The summed E-state index contributed by atoms with van der Waals surface area (Å²) in [6.07, 6.45) is 8.09. The fourth-order valence-corrected chi connectivity index (χ4v) is 14.7. The number of hydrogen-bond donors (Lipinski definition) is 2. The zero-order valence-electron chi connectivity index (χ0n) is 65.1. The molecule has 6 aromatic rings. The number of carbonyl (C=O) groups is 2. The SMILES string of the molecule is [C-]#[N+]C1=C(C(=O)OC2C(C)CC(C)CC2C)c2nc(-c3cc(N(C)C)ccc3NCCOC)nn2C1=Nc1ccc(N(CC)CCO)cc1C.[C-]#[N+]C1=C(C(=O)OC2C(C)CCCC2C)c2nc(-c3cc(OCCCCCCCC)ccc3N=COC(F)(F)F)nn2C1=Nc1ccc(N(CC)CCCC)cc1C. The first-order valence-corrected chi connectivity index (χ1v) is 38.1. The van der Waals surface area contributed by atoms with E-state index >= 15 is 0 Å². The van der Waals surface area contributed by atoms with Gasteiger partial charge < -0.3 is 48.8 Å². The zero-order valence-corrected chi connectivity index (χ0v) is 65.1. The third kappa shape index (κ3) is 20.1. The zero-order chi connectivity index (χ0) is 77.9. The van der Waals surface area contributed by atoms with Gasteiger partial charge in [-0.1, -0.05) is 93.4 Å². The van der Waals surface area contributed by atoms with Crippen LogP contribution in [0, 0.1) is 56.6 Å². The Morgan fingerprint density at radius 3 is 1.69 bits per heavy atom. The van der Waals surface area contributed by atoms with E-state index < -0.39 is 18.3 Å². The van der Waals surface area contributed by atoms with Crippen LogP contribution in [0.4, 0.5) is 53.0 Å². The first-order chi connectivity index (χ1) is 51.9. The van der Waals surface area contributed by atoms with Crippen molar-refractivity contribution >= 4 is 81.0 Å². The number of unbranched alkanes of at least 4 members (excludes halogenated alkanes) is 6. The van der Waals surface area contributed by atoms with Crippen molar-refractivity contribution < 1.29 is 51.6 Å². The minimum atomic E-state index is -4.94. The summed E-state index contributed by atoms with van der Waals surface area (Å²) in [5.74, 6) is 1.27. The molecule has 4 unspecified atom stereocenters. The highest BCUT2D eigenvalue weighted by Gasteiger charge is 2.43. The molecule has 0 bridgehead atoms. The smallest absolute Gasteiger partial charge is 0.494 e. The van der Waals surface area contributed by atoms with Crippen molar-refractivity contribution in [1.82, 2.24) is 29.5 Å². The van der Waals surface area contributed by atoms with Gasteiger partial charge in [-0.2, -0.15) is 0 Å². The van der Waals surface area contributed by atoms with Crippen LogP contribution in [0.2, 0.25) is 0 Å². The minimum Gasteiger partial charge on any atom is -0.494 e. The average Bonchev–Trinajstić information content (AvgIpc) is 1.59. The molecule has 2 aliphatic carbocycles. The van der Waals surface area contributed by atoms with Crippen LogP contribution >= 0.6 is 0 Å². The fraction of sp³-hybridized carbons (Fsp3) is 0.524. The number of aliphatic hydroxyl groups excluding tert-OH is 1. The Hall–Kier alpha value is -9.92. The van der Waals surface area contributed by atoms with Crippen molar-refractivity contribution in [2.45, 2.75) is 178 Å². The predicted molar refractivity (Wildman–Crippen MR) is 421 cm³/mol. The number of hydrogen-bond acceptors (Lipinski definition) is 19. The second-order valence-corrected chi connectivity index (χ2v) is 28.9. The van der Waals surface area contributed by atoms with Gasteiger partial charge in [-0.3, -0.25) is 0 Å². The lowest BCUT2D eigenvalue weighted by Gasteiger charge is -2.37. The predicted octanol–water partition coefficient (Wildman–Crippen LogP) is 17.4. The highest BCUT2D eigenvalue weighted by Crippen LogP contribution is 2.43. The molecule has 2 N–H and O–H groups in total. The number of alkyl halides is 3. The quantitative estimate of drug-likeness (QED) is 0.0131. The average molecular weight is 1490 g/mol. The molecule has 4 atom stereocenters. The highest BCUT2D eigenvalue weighted by molar-refractivity contribution is 6.30. The monoisotopic (exact) mass is 1490 g/mol. The van der Waals surface area contributed by atoms with Crippen LogP contribution in [0.25, 0.3) is 43.6 Å². The highest BCUT2D eigenvalue weighted by atomic mass is 19.4. The van der Waals surface area contributed by atoms with Crippen LogP contribution < -0.4 is 24.8 Å². The van der Waals surface area contributed by atoms with Gasteiger partial charge in [0, 0.05) is 82.2 Å². The lowest BCUT2D eigenvalue weighted by Crippen LogP contribution is -2.37. The number of nitrogens with zero attached hydrogens (tertiary/aromatic N) is 14. The summed E-state index contributed by atoms with van der Waals surface area (Å²) >= 11 is 0. The maximum atomic E-state index is 14.2. The molecule has 2 saturated carbocycles. The Morgan fingerprint density at radius 2 is 1.18 bits per heavy atom. The second-order valence-electron chi connectivity index (χ2n) is 28.9. The summed E-state index contributed by atoms with van der Waals surface area (Å²) in [6, 6.07) is 22.4. The Morgan fingerprint density at radius 1 is 0.657 bits per heavy atom. The molecule has 23 nitrogen and oxygen atoms in total. The first-order valence-electron chi connectivity index (χ1n) is 38.1. The lowest BCUT2D eigenvalue weighted by molar-refractivity contribution is -0.280. The molecule has 4 aromatic carbocycles. The van der Waals surface area contributed by atoms with Gasteiger partial charge in [0.2, 0.25) is 11.4 Å². The minimum absolute atomic E-state index is 0.0298. The van der Waals surface area contributed by atoms with Gasteiger partial charge in [0.05, 0.1) is 55.6 Å². The maximum Gasteiger partial charge on any atom is 0.573 e. The molecule has 2 aromatic heterocycles. The number of halogens is 3. The summed E-state index contributed by atoms with van der Waals surface area (Å²) in [7, 11) is 5.58. The number of fused-ring (bicyclic) bond motifs is 2. The van der Waals surface area contributed by atoms with Crippen molar-refractivity contribution in [3.05, 3.63) is 130 Å². The summed E-state index contributed by atoms with van der Waals surface area (Å²) in [6.45, 7) is 44.0. The van der Waals surface area contributed by atoms with Crippen LogP contribution in [0.3, 0.4) is 0 Å². The van der Waals surface area contributed by atoms with Gasteiger partial charge in [-0.05, 0) is 180 Å². The number of carbonyl (C=O) groups excluding carboxylic acids is 2. The number of rotatable bonds is 32. The molecule has 4 heterocycles. The molecule has 2 aliphatic heterocycles. The Balaban J connectivity index is 0.000000252. The molecular weight excluding hydrogens is 1380 g/mol. The fourth-order valence-electron chi connectivity index (χ4n) is 14.7. The molecule has 10 rings (SSSR count). The van der Waals surface area contributed by atoms with Crippen LogP contribution in [-0.4, -0.2) is 157 Å². The third-order valence-corrected chi connectivity index (χ3v) is 20.4. The molecule has 4 aliphatic rings. The van der Waals surface area contributed by atoms with E-state index in [1.807, 2.05) is 94.4 Å². The van der Waals surface area contributed by atoms with E-state index in [0.717, 1.165) is 136 Å². The van der Waals surface area contributed by atoms with Gasteiger partial charge in [0.1, 0.15) is 29.1 Å². The molecular formula is C82H106F3N15O8. The van der Waals surface area contributed by atoms with E-state index in [4.69, 9.17) is 62.2 Å². The van der Waals surface area contributed by atoms with E-state index in [9.17, 15) is 27.9 Å². The van der Waals surface area contributed by atoms with Crippen LogP contribution in [-0.2, 0) is 28.5 Å². The van der Waals surface area contributed by atoms with Crippen LogP contribution in [0.15, 0.2) is 99.2 Å². The Bertz CT molecular complexity index is 4350. The van der Waals surface area contributed by atoms with Crippen molar-refractivity contribution in [2.24, 2.45) is 44.6 Å². The molecule has 0 spiro atoms. The Labute approximate surface area is 634 Å². The van der Waals surface area contributed by atoms with Crippen molar-refractivity contribution in [3.63, 3.8) is 0 Å². The molecule has 0 radical (unpaired) electrons. The number of nitrogens with one attached hydrogen (secondary N) is 1. The molecule has 2 fully saturated rings. The largest absolute Gasteiger partial charge is 0.573 e. The van der Waals surface area contributed by atoms with Gasteiger partial charge in [0.15, 0.2) is 41.4 Å². The summed E-state index contributed by atoms with van der Waals surface area (Å²) < 4.78 is 69.3. The Kier molecular flexibility index (Phi) is 29.1. The van der Waals surface area contributed by atoms with E-state index in [0.29, 0.717) is 61.6 Å². The van der Waals surface area contributed by atoms with Crippen molar-refractivity contribution in [2.75, 3.05) is 93.8 Å². The lowest BCUT2D eigenvalue weighted by atomic mass is 9.75. The maximum absolute atomic E-state index is 14.2. The number of benzene rings is 4. The standard InChI is InChI=1S/C44H56F3N7O4.C38H50N8O4/c1-8-11-13-14-15-16-25-56-33-21-23-36(49-28-57-44(45,46)47)34(27-33)40-51-41-37(43(55)58-39-29(4)18-17-19-30(39)5)38(48-7)42(54(41)52-40)50-35-22-20-32(26-31(35)6)53(10-3)24-12-9-2;1-10-45(16-17-47)28-12-13-30(24(3)21-28)41-37-33(39-6)32(38(48)50-34-25(4)19-23(2)20-26(34)5)36-42-35(43-46(36)37)29-22-27(44(7)8)11-14-31(29)40-15-18-49-9/h20-23,26-30,39H,8-19,24-25H2,1-6H3;11-14,21-23,25-26,34,40,47H,10,15-20H2,1-5,7-9H3. The molecule has 0 amide bonds. The number of aliphatic hydroxyl groups is 1. The number of esters is 2. The third-order valence-electron chi connectivity index (χ3n) is 20.4. The topological polar surface area (TPSA) is 229 Å². The number of aliphatic imine (C=N–C) groups is 3. The number of methoxy groups -OCH3 is 1. The molecule has 578 valence electrons. The number of anilines is 4.